The van der Waals surface area contributed by atoms with Crippen LogP contribution in [0, 0.1) is 13.8 Å². The quantitative estimate of drug-likeness (QED) is 0.328. The number of benzene rings is 4. The van der Waals surface area contributed by atoms with Crippen molar-refractivity contribution in [3.8, 4) is 23.0 Å². The maximum absolute atomic E-state index is 6.39. The van der Waals surface area contributed by atoms with Gasteiger partial charge in [-0.1, -0.05) is 59.7 Å². The second-order valence-electron chi connectivity index (χ2n) is 9.00. The molecule has 0 fully saturated rings. The van der Waals surface area contributed by atoms with Gasteiger partial charge in [0.2, 0.25) is 0 Å². The zero-order chi connectivity index (χ0) is 23.4. The fourth-order valence-corrected chi connectivity index (χ4v) is 5.52. The number of fused-ring (bicyclic) bond motifs is 4. The summed E-state index contributed by atoms with van der Waals surface area (Å²) in [7, 11) is 3.48. The van der Waals surface area contributed by atoms with Crippen LogP contribution in [0.1, 0.15) is 33.4 Å². The lowest BCUT2D eigenvalue weighted by molar-refractivity contribution is 0.412. The van der Waals surface area contributed by atoms with Crippen molar-refractivity contribution in [3.63, 3.8) is 0 Å². The van der Waals surface area contributed by atoms with Crippen LogP contribution in [0.5, 0.6) is 23.0 Å². The first kappa shape index (κ1) is 20.6. The molecule has 4 aromatic rings. The van der Waals surface area contributed by atoms with Gasteiger partial charge in [0.05, 0.1) is 19.6 Å². The van der Waals surface area contributed by atoms with Crippen molar-refractivity contribution in [1.82, 2.24) is 0 Å². The molecule has 168 valence electrons. The van der Waals surface area contributed by atoms with Gasteiger partial charge in [0.15, 0.2) is 0 Å². The van der Waals surface area contributed by atoms with Crippen molar-refractivity contribution in [2.75, 3.05) is 14.2 Å². The Morgan fingerprint density at radius 1 is 0.588 bits per heavy atom. The van der Waals surface area contributed by atoms with Crippen LogP contribution in [-0.2, 0) is 5.41 Å². The number of hydrogen-bond acceptors (Lipinski definition) is 3. The summed E-state index contributed by atoms with van der Waals surface area (Å²) in [5.41, 5.74) is 8.90. The average Bonchev–Trinajstić information content (AvgIpc) is 3.54. The van der Waals surface area contributed by atoms with Gasteiger partial charge < -0.3 is 14.2 Å². The van der Waals surface area contributed by atoms with E-state index in [-0.39, 0.29) is 0 Å². The zero-order valence-electron chi connectivity index (χ0n) is 19.8. The molecule has 1 heterocycles. The molecule has 0 amide bonds. The van der Waals surface area contributed by atoms with E-state index < -0.39 is 5.41 Å². The molecule has 0 bridgehead atoms. The largest absolute Gasteiger partial charge is 0.496 e. The van der Waals surface area contributed by atoms with Crippen molar-refractivity contribution < 1.29 is 14.2 Å². The summed E-state index contributed by atoms with van der Waals surface area (Å²) < 4.78 is 18.2. The topological polar surface area (TPSA) is 27.7 Å². The number of hydrogen-bond donors (Lipinski definition) is 0. The van der Waals surface area contributed by atoms with Crippen LogP contribution in [0.15, 0.2) is 84.9 Å². The van der Waals surface area contributed by atoms with Crippen molar-refractivity contribution in [3.05, 3.63) is 118 Å². The third-order valence-corrected chi connectivity index (χ3v) is 6.99. The minimum Gasteiger partial charge on any atom is -0.496 e. The molecule has 34 heavy (non-hydrogen) atoms. The predicted molar refractivity (Wildman–Crippen MR) is 136 cm³/mol. The van der Waals surface area contributed by atoms with Gasteiger partial charge in [-0.25, -0.2) is 0 Å². The van der Waals surface area contributed by atoms with E-state index in [1.165, 1.54) is 22.3 Å². The van der Waals surface area contributed by atoms with Gasteiger partial charge in [0.1, 0.15) is 23.0 Å². The first-order valence-electron chi connectivity index (χ1n) is 11.5. The Hall–Kier alpha value is -3.98. The van der Waals surface area contributed by atoms with E-state index in [1.54, 1.807) is 14.2 Å². The Morgan fingerprint density at radius 2 is 1.03 bits per heavy atom. The van der Waals surface area contributed by atoms with Gasteiger partial charge in [-0.15, -0.1) is 0 Å². The highest BCUT2D eigenvalue weighted by molar-refractivity contribution is 6.24. The maximum Gasteiger partial charge on any atom is 0.132 e. The lowest BCUT2D eigenvalue weighted by atomic mass is 9.76. The Bertz CT molecular complexity index is 1370. The summed E-state index contributed by atoms with van der Waals surface area (Å²) in [6.45, 7) is 4.24. The molecule has 0 N–H and O–H groups in total. The lowest BCUT2D eigenvalue weighted by Crippen LogP contribution is -2.21. The number of methoxy groups -OCH3 is 2. The zero-order valence-corrected chi connectivity index (χ0v) is 19.8. The summed E-state index contributed by atoms with van der Waals surface area (Å²) >= 11 is 0. The fraction of sp³-hybridized carbons (Fsp3) is 0.161. The molecule has 4 aromatic carbocycles. The molecule has 1 spiro atoms. The first-order chi connectivity index (χ1) is 16.6. The van der Waals surface area contributed by atoms with Crippen LogP contribution in [0.4, 0.5) is 0 Å². The molecule has 0 aromatic heterocycles. The van der Waals surface area contributed by atoms with Gasteiger partial charge in [-0.2, -0.15) is 0 Å². The van der Waals surface area contributed by atoms with Crippen LogP contribution in [0.25, 0.3) is 11.1 Å². The molecule has 0 saturated carbocycles. The van der Waals surface area contributed by atoms with Crippen molar-refractivity contribution in [2.45, 2.75) is 19.3 Å². The van der Waals surface area contributed by atoms with Crippen LogP contribution in [0.2, 0.25) is 0 Å². The van der Waals surface area contributed by atoms with E-state index >= 15 is 0 Å². The number of aryl methyl sites for hydroxylation is 2. The highest BCUT2D eigenvalue weighted by Crippen LogP contribution is 2.73. The van der Waals surface area contributed by atoms with Crippen molar-refractivity contribution in [2.24, 2.45) is 0 Å². The molecule has 1 aliphatic carbocycles. The Kier molecular flexibility index (Phi) is 4.56. The molecule has 0 atom stereocenters. The van der Waals surface area contributed by atoms with E-state index in [0.29, 0.717) is 0 Å². The van der Waals surface area contributed by atoms with Gasteiger partial charge >= 0.3 is 0 Å². The normalized spacial score (nSPS) is 14.8. The summed E-state index contributed by atoms with van der Waals surface area (Å²) in [6, 6.07) is 29.5. The Morgan fingerprint density at radius 3 is 1.47 bits per heavy atom. The average molecular weight is 447 g/mol. The summed E-state index contributed by atoms with van der Waals surface area (Å²) in [5.74, 6) is 3.49. The number of allylic oxidation sites excluding steroid dienone is 2. The lowest BCUT2D eigenvalue weighted by Gasteiger charge is -2.32. The third kappa shape index (κ3) is 2.76. The fourth-order valence-electron chi connectivity index (χ4n) is 5.52. The van der Waals surface area contributed by atoms with Crippen LogP contribution in [0.3, 0.4) is 0 Å². The van der Waals surface area contributed by atoms with Crippen LogP contribution in [-0.4, -0.2) is 14.2 Å². The molecule has 1 aliphatic heterocycles. The Balaban J connectivity index is 1.74. The molecule has 3 nitrogen and oxygen atoms in total. The molecule has 2 aliphatic rings. The monoisotopic (exact) mass is 446 g/mol. The predicted octanol–water partition coefficient (Wildman–Crippen LogP) is 7.34. The molecule has 0 radical (unpaired) electrons. The smallest absolute Gasteiger partial charge is 0.132 e. The molecular formula is C31H26O3. The number of rotatable bonds is 4. The number of ether oxygens (including phenoxy) is 3. The van der Waals surface area contributed by atoms with E-state index in [2.05, 4.69) is 86.6 Å². The maximum atomic E-state index is 6.39. The summed E-state index contributed by atoms with van der Waals surface area (Å²) in [4.78, 5) is 0. The van der Waals surface area contributed by atoms with Gasteiger partial charge in [0.25, 0.3) is 0 Å². The summed E-state index contributed by atoms with van der Waals surface area (Å²) in [5, 5.41) is 0. The Labute approximate surface area is 200 Å². The molecule has 0 saturated heterocycles. The van der Waals surface area contributed by atoms with Crippen LogP contribution >= 0.6 is 0 Å². The van der Waals surface area contributed by atoms with E-state index in [1.807, 2.05) is 12.1 Å². The SMILES string of the molecule is COc1ccc(C)cc1C1=C(c2cc(C)ccc2OC)C12c1ccccc1Oc1ccccc12. The summed E-state index contributed by atoms with van der Waals surface area (Å²) in [6.07, 6.45) is 0. The molecular weight excluding hydrogens is 420 g/mol. The second kappa shape index (κ2) is 7.53. The number of para-hydroxylation sites is 2. The van der Waals surface area contributed by atoms with E-state index in [0.717, 1.165) is 45.3 Å². The third-order valence-electron chi connectivity index (χ3n) is 6.99. The molecule has 3 heteroatoms. The second-order valence-corrected chi connectivity index (χ2v) is 9.00. The van der Waals surface area contributed by atoms with Crippen molar-refractivity contribution >= 4 is 11.1 Å². The van der Waals surface area contributed by atoms with Gasteiger partial charge in [-0.3, -0.25) is 0 Å². The molecule has 6 rings (SSSR count). The molecule has 0 unspecified atom stereocenters. The van der Waals surface area contributed by atoms with E-state index in [9.17, 15) is 0 Å². The minimum atomic E-state index is -0.451. The first-order valence-corrected chi connectivity index (χ1v) is 11.5. The standard InChI is InChI=1S/C31H26O3/c1-19-13-15-25(32-3)21(17-19)29-30(22-18-20(2)14-16-26(22)33-4)31(29)23-9-5-7-11-27(23)34-28-12-8-6-10-24(28)31/h5-18H,1-4H3. The van der Waals surface area contributed by atoms with E-state index in [4.69, 9.17) is 14.2 Å². The van der Waals surface area contributed by atoms with Gasteiger partial charge in [-0.05, 0) is 61.4 Å². The van der Waals surface area contributed by atoms with Crippen molar-refractivity contribution in [1.29, 1.82) is 0 Å². The highest BCUT2D eigenvalue weighted by atomic mass is 16.5. The minimum absolute atomic E-state index is 0.451. The van der Waals surface area contributed by atoms with Gasteiger partial charge in [0, 0.05) is 22.3 Å². The van der Waals surface area contributed by atoms with Crippen LogP contribution < -0.4 is 14.2 Å². The highest BCUT2D eigenvalue weighted by Gasteiger charge is 2.61.